The maximum absolute atomic E-state index is 13.6. The lowest BCUT2D eigenvalue weighted by Gasteiger charge is -2.34. The average molecular weight is 439 g/mol. The van der Waals surface area contributed by atoms with Crippen molar-refractivity contribution in [2.75, 3.05) is 6.54 Å². The number of carbonyl (C=O) groups is 1. The van der Waals surface area contributed by atoms with Crippen molar-refractivity contribution in [3.8, 4) is 10.7 Å². The molecule has 5 heterocycles. The van der Waals surface area contributed by atoms with Gasteiger partial charge in [0.2, 0.25) is 0 Å². The zero-order valence-electron chi connectivity index (χ0n) is 17.0. The zero-order valence-corrected chi connectivity index (χ0v) is 17.8. The van der Waals surface area contributed by atoms with E-state index >= 15 is 0 Å². The van der Waals surface area contributed by atoms with E-state index in [9.17, 15) is 4.79 Å². The summed E-state index contributed by atoms with van der Waals surface area (Å²) in [5.41, 5.74) is 4.36. The van der Waals surface area contributed by atoms with E-state index in [1.54, 1.807) is 18.7 Å². The fraction of sp³-hybridized carbons (Fsp3) is 0.125. The van der Waals surface area contributed by atoms with Crippen LogP contribution in [0.1, 0.15) is 32.8 Å². The van der Waals surface area contributed by atoms with Crippen molar-refractivity contribution in [1.29, 1.82) is 0 Å². The molecule has 0 saturated heterocycles. The first-order chi connectivity index (χ1) is 15.8. The highest BCUT2D eigenvalue weighted by Crippen LogP contribution is 2.35. The van der Waals surface area contributed by atoms with Crippen LogP contribution in [0.15, 0.2) is 73.3 Å². The Labute approximate surface area is 187 Å². The fourth-order valence-corrected chi connectivity index (χ4v) is 5.00. The molecule has 0 spiro atoms. The fourth-order valence-electron chi connectivity index (χ4n) is 4.15. The van der Waals surface area contributed by atoms with Gasteiger partial charge in [0, 0.05) is 30.2 Å². The quantitative estimate of drug-likeness (QED) is 0.455. The van der Waals surface area contributed by atoms with Gasteiger partial charge in [0.1, 0.15) is 15.9 Å². The first kappa shape index (κ1) is 18.8. The van der Waals surface area contributed by atoms with Gasteiger partial charge in [-0.25, -0.2) is 9.97 Å². The Kier molecular flexibility index (Phi) is 4.50. The highest BCUT2D eigenvalue weighted by molar-refractivity contribution is 7.16. The lowest BCUT2D eigenvalue weighted by atomic mass is 9.98. The van der Waals surface area contributed by atoms with Crippen LogP contribution in [0.5, 0.6) is 0 Å². The lowest BCUT2D eigenvalue weighted by Crippen LogP contribution is -2.40. The van der Waals surface area contributed by atoms with Crippen LogP contribution < -0.4 is 0 Å². The Morgan fingerprint density at radius 1 is 1.03 bits per heavy atom. The molecule has 6 rings (SSSR count). The van der Waals surface area contributed by atoms with E-state index in [0.717, 1.165) is 45.1 Å². The molecule has 0 unspecified atom stereocenters. The van der Waals surface area contributed by atoms with Gasteiger partial charge in [-0.3, -0.25) is 14.8 Å². The molecule has 0 aliphatic carbocycles. The van der Waals surface area contributed by atoms with Crippen LogP contribution in [-0.4, -0.2) is 42.3 Å². The van der Waals surface area contributed by atoms with Gasteiger partial charge in [-0.2, -0.15) is 0 Å². The van der Waals surface area contributed by atoms with Crippen molar-refractivity contribution in [3.63, 3.8) is 0 Å². The van der Waals surface area contributed by atoms with E-state index in [1.165, 1.54) is 11.3 Å². The SMILES string of the molecule is O=C(c1cnc(-c2ccccn2)s1)N1CCc2[nH]cnc2[C@H]1c1ccc2ccccc2n1. The van der Waals surface area contributed by atoms with Crippen LogP contribution in [0.25, 0.3) is 21.6 Å². The highest BCUT2D eigenvalue weighted by Gasteiger charge is 2.36. The molecule has 1 aromatic carbocycles. The van der Waals surface area contributed by atoms with Gasteiger partial charge in [-0.1, -0.05) is 30.3 Å². The third-order valence-electron chi connectivity index (χ3n) is 5.69. The number of hydrogen-bond acceptors (Lipinski definition) is 6. The molecule has 1 atom stereocenters. The molecular weight excluding hydrogens is 420 g/mol. The van der Waals surface area contributed by atoms with Gasteiger partial charge in [-0.05, 0) is 24.3 Å². The number of benzene rings is 1. The predicted octanol–water partition coefficient (Wildman–Crippen LogP) is 4.26. The Morgan fingerprint density at radius 2 is 1.94 bits per heavy atom. The first-order valence-corrected chi connectivity index (χ1v) is 11.2. The predicted molar refractivity (Wildman–Crippen MR) is 122 cm³/mol. The molecular formula is C24H18N6OS. The van der Waals surface area contributed by atoms with Gasteiger partial charge in [0.05, 0.1) is 35.1 Å². The number of H-pyrrole nitrogens is 1. The van der Waals surface area contributed by atoms with E-state index in [2.05, 4.69) is 19.9 Å². The monoisotopic (exact) mass is 438 g/mol. The van der Waals surface area contributed by atoms with E-state index in [0.29, 0.717) is 11.4 Å². The van der Waals surface area contributed by atoms with Crippen LogP contribution in [0.4, 0.5) is 0 Å². The maximum Gasteiger partial charge on any atom is 0.266 e. The number of imidazole rings is 1. The maximum atomic E-state index is 13.6. The van der Waals surface area contributed by atoms with Crippen molar-refractivity contribution in [3.05, 3.63) is 95.3 Å². The topological polar surface area (TPSA) is 87.7 Å². The molecule has 0 bridgehead atoms. The molecule has 4 aromatic heterocycles. The van der Waals surface area contributed by atoms with Crippen molar-refractivity contribution in [1.82, 2.24) is 29.8 Å². The molecule has 1 aliphatic rings. The van der Waals surface area contributed by atoms with Crippen LogP contribution in [-0.2, 0) is 6.42 Å². The number of hydrogen-bond donors (Lipinski definition) is 1. The summed E-state index contributed by atoms with van der Waals surface area (Å²) in [6.45, 7) is 0.573. The number of pyridine rings is 2. The molecule has 1 amide bonds. The summed E-state index contributed by atoms with van der Waals surface area (Å²) in [7, 11) is 0. The number of nitrogens with one attached hydrogen (secondary N) is 1. The minimum absolute atomic E-state index is 0.0710. The number of thiazole rings is 1. The van der Waals surface area contributed by atoms with E-state index in [1.807, 2.05) is 59.5 Å². The number of aromatic amines is 1. The summed E-state index contributed by atoms with van der Waals surface area (Å²) < 4.78 is 0. The second kappa shape index (κ2) is 7.65. The summed E-state index contributed by atoms with van der Waals surface area (Å²) in [4.78, 5) is 37.5. The Morgan fingerprint density at radius 3 is 2.84 bits per heavy atom. The largest absolute Gasteiger partial charge is 0.348 e. The third-order valence-corrected chi connectivity index (χ3v) is 6.69. The number of carbonyl (C=O) groups excluding carboxylic acids is 1. The summed E-state index contributed by atoms with van der Waals surface area (Å²) in [5.74, 6) is -0.0710. The molecule has 0 fully saturated rings. The number of nitrogens with zero attached hydrogens (tertiary/aromatic N) is 5. The lowest BCUT2D eigenvalue weighted by molar-refractivity contribution is 0.0692. The average Bonchev–Trinajstić information content (AvgIpc) is 3.53. The normalized spacial score (nSPS) is 15.6. The van der Waals surface area contributed by atoms with Gasteiger partial charge >= 0.3 is 0 Å². The Balaban J connectivity index is 1.40. The highest BCUT2D eigenvalue weighted by atomic mass is 32.1. The molecule has 1 aliphatic heterocycles. The third kappa shape index (κ3) is 3.16. The first-order valence-electron chi connectivity index (χ1n) is 10.3. The number of fused-ring (bicyclic) bond motifs is 2. The van der Waals surface area contributed by atoms with Crippen LogP contribution in [0, 0.1) is 0 Å². The van der Waals surface area contributed by atoms with Crippen LogP contribution >= 0.6 is 11.3 Å². The standard InChI is InChI=1S/C24H18N6OS/c31-24(20-13-26-23(32-20)19-7-3-4-11-25-19)30-12-10-17-21(28-14-27-17)22(30)18-9-8-15-5-1-2-6-16(15)29-18/h1-9,11,13-14,22H,10,12H2,(H,27,28)/t22-/m1/s1. The minimum Gasteiger partial charge on any atom is -0.348 e. The number of rotatable bonds is 3. The molecule has 7 nitrogen and oxygen atoms in total. The molecule has 32 heavy (non-hydrogen) atoms. The van der Waals surface area contributed by atoms with Gasteiger partial charge < -0.3 is 9.88 Å². The van der Waals surface area contributed by atoms with Gasteiger partial charge in [0.15, 0.2) is 0 Å². The van der Waals surface area contributed by atoms with Crippen molar-refractivity contribution < 1.29 is 4.79 Å². The minimum atomic E-state index is -0.359. The zero-order chi connectivity index (χ0) is 21.5. The summed E-state index contributed by atoms with van der Waals surface area (Å²) in [6, 6.07) is 17.3. The van der Waals surface area contributed by atoms with Crippen LogP contribution in [0.2, 0.25) is 0 Å². The summed E-state index contributed by atoms with van der Waals surface area (Å²) in [6.07, 6.45) is 5.78. The summed E-state index contributed by atoms with van der Waals surface area (Å²) >= 11 is 1.36. The van der Waals surface area contributed by atoms with Crippen molar-refractivity contribution in [2.24, 2.45) is 0 Å². The number of aromatic nitrogens is 5. The molecule has 5 aromatic rings. The molecule has 0 radical (unpaired) electrons. The molecule has 0 saturated carbocycles. The van der Waals surface area contributed by atoms with Crippen molar-refractivity contribution in [2.45, 2.75) is 12.5 Å². The number of amides is 1. The second-order valence-corrected chi connectivity index (χ2v) is 8.62. The smallest absolute Gasteiger partial charge is 0.266 e. The van der Waals surface area contributed by atoms with E-state index in [-0.39, 0.29) is 11.9 Å². The van der Waals surface area contributed by atoms with Crippen LogP contribution in [0.3, 0.4) is 0 Å². The van der Waals surface area contributed by atoms with E-state index in [4.69, 9.17) is 4.98 Å². The molecule has 8 heteroatoms. The van der Waals surface area contributed by atoms with Crippen molar-refractivity contribution >= 4 is 28.1 Å². The molecule has 1 N–H and O–H groups in total. The number of para-hydroxylation sites is 1. The summed E-state index contributed by atoms with van der Waals surface area (Å²) in [5, 5.41) is 1.79. The Hall–Kier alpha value is -3.91. The van der Waals surface area contributed by atoms with E-state index < -0.39 is 0 Å². The second-order valence-electron chi connectivity index (χ2n) is 7.59. The Bertz CT molecular complexity index is 1430. The molecule has 156 valence electrons. The van der Waals surface area contributed by atoms with Gasteiger partial charge in [-0.15, -0.1) is 11.3 Å². The van der Waals surface area contributed by atoms with Gasteiger partial charge in [0.25, 0.3) is 5.91 Å².